The first kappa shape index (κ1) is 17.1. The minimum absolute atomic E-state index is 0.0766. The van der Waals surface area contributed by atoms with Gasteiger partial charge in [0.25, 0.3) is 0 Å². The van der Waals surface area contributed by atoms with E-state index in [9.17, 15) is 31.1 Å². The fourth-order valence-corrected chi connectivity index (χ4v) is 2.23. The first-order valence-corrected chi connectivity index (χ1v) is 6.12. The van der Waals surface area contributed by atoms with Crippen molar-refractivity contribution in [3.8, 4) is 0 Å². The van der Waals surface area contributed by atoms with Gasteiger partial charge in [-0.3, -0.25) is 4.79 Å². The number of nitrogens with one attached hydrogen (secondary N) is 1. The second-order valence-electron chi connectivity index (χ2n) is 4.93. The quantitative estimate of drug-likeness (QED) is 0.811. The Morgan fingerprint density at radius 2 is 1.60 bits per heavy atom. The van der Waals surface area contributed by atoms with Crippen LogP contribution in [-0.2, 0) is 4.79 Å². The van der Waals surface area contributed by atoms with Gasteiger partial charge in [0.05, 0.1) is 0 Å². The van der Waals surface area contributed by atoms with Crippen molar-refractivity contribution in [3.63, 3.8) is 0 Å². The lowest BCUT2D eigenvalue weighted by Crippen LogP contribution is -2.49. The van der Waals surface area contributed by atoms with Crippen molar-refractivity contribution >= 4 is 5.91 Å². The van der Waals surface area contributed by atoms with E-state index in [1.807, 2.05) is 0 Å². The standard InChI is InChI=1S/C11H16F6N2O/c1-19(6-7-2-4-18-5-3-7)9(20)8(10(12,13)14)11(15,16)17/h7-8,18H,2-6H2,1H3. The lowest BCUT2D eigenvalue weighted by atomic mass is 9.97. The summed E-state index contributed by atoms with van der Waals surface area (Å²) < 4.78 is 74.6. The van der Waals surface area contributed by atoms with E-state index >= 15 is 0 Å². The average molecular weight is 306 g/mol. The van der Waals surface area contributed by atoms with E-state index in [2.05, 4.69) is 5.32 Å². The van der Waals surface area contributed by atoms with Crippen LogP contribution < -0.4 is 5.32 Å². The summed E-state index contributed by atoms with van der Waals surface area (Å²) in [5.41, 5.74) is 0. The van der Waals surface area contributed by atoms with E-state index in [0.29, 0.717) is 30.8 Å². The van der Waals surface area contributed by atoms with Crippen LogP contribution in [-0.4, -0.2) is 49.8 Å². The summed E-state index contributed by atoms with van der Waals surface area (Å²) in [7, 11) is 0.981. The van der Waals surface area contributed by atoms with E-state index in [0.717, 1.165) is 7.05 Å². The average Bonchev–Trinajstić information content (AvgIpc) is 2.26. The highest BCUT2D eigenvalue weighted by Crippen LogP contribution is 2.40. The zero-order valence-electron chi connectivity index (χ0n) is 10.8. The Morgan fingerprint density at radius 3 is 2.00 bits per heavy atom. The number of alkyl halides is 6. The second kappa shape index (κ2) is 6.19. The Morgan fingerprint density at radius 1 is 1.15 bits per heavy atom. The van der Waals surface area contributed by atoms with Crippen molar-refractivity contribution < 1.29 is 31.1 Å². The van der Waals surface area contributed by atoms with Gasteiger partial charge >= 0.3 is 12.4 Å². The number of amides is 1. The van der Waals surface area contributed by atoms with Gasteiger partial charge in [-0.1, -0.05) is 0 Å². The van der Waals surface area contributed by atoms with Gasteiger partial charge in [0.1, 0.15) is 0 Å². The molecule has 20 heavy (non-hydrogen) atoms. The molecule has 1 amide bonds. The van der Waals surface area contributed by atoms with Crippen LogP contribution in [0.4, 0.5) is 26.3 Å². The summed E-state index contributed by atoms with van der Waals surface area (Å²) >= 11 is 0. The molecule has 118 valence electrons. The molecule has 0 aliphatic carbocycles. The SMILES string of the molecule is CN(CC1CCNCC1)C(=O)C(C(F)(F)F)C(F)(F)F. The largest absolute Gasteiger partial charge is 0.409 e. The predicted octanol–water partition coefficient (Wildman–Crippen LogP) is 2.19. The third-order valence-corrected chi connectivity index (χ3v) is 3.27. The predicted molar refractivity (Wildman–Crippen MR) is 58.8 cm³/mol. The molecule has 0 radical (unpaired) electrons. The molecule has 3 nitrogen and oxygen atoms in total. The minimum atomic E-state index is -5.63. The molecule has 0 aromatic rings. The number of halogens is 6. The molecule has 9 heteroatoms. The highest BCUT2D eigenvalue weighted by Gasteiger charge is 2.61. The van der Waals surface area contributed by atoms with Gasteiger partial charge in [0.15, 0.2) is 0 Å². The van der Waals surface area contributed by atoms with Crippen molar-refractivity contribution in [2.75, 3.05) is 26.7 Å². The Hall–Kier alpha value is -0.990. The first-order valence-electron chi connectivity index (χ1n) is 6.12. The molecule has 0 bridgehead atoms. The van der Waals surface area contributed by atoms with Crippen LogP contribution in [0, 0.1) is 11.8 Å². The molecule has 0 spiro atoms. The van der Waals surface area contributed by atoms with Crippen LogP contribution in [0.3, 0.4) is 0 Å². The molecule has 1 fully saturated rings. The Kier molecular flexibility index (Phi) is 5.28. The third kappa shape index (κ3) is 4.53. The molecule has 0 aromatic heterocycles. The number of carbonyl (C=O) groups is 1. The number of piperidine rings is 1. The molecule has 1 aliphatic rings. The molecule has 0 saturated carbocycles. The van der Waals surface area contributed by atoms with Gasteiger partial charge < -0.3 is 10.2 Å². The molecule has 0 unspecified atom stereocenters. The van der Waals surface area contributed by atoms with Crippen molar-refractivity contribution in [2.24, 2.45) is 11.8 Å². The van der Waals surface area contributed by atoms with E-state index in [1.54, 1.807) is 0 Å². The Labute approximate surface area is 112 Å². The van der Waals surface area contributed by atoms with Gasteiger partial charge in [0, 0.05) is 13.6 Å². The first-order chi connectivity index (χ1) is 9.03. The molecule has 1 saturated heterocycles. The summed E-state index contributed by atoms with van der Waals surface area (Å²) in [6, 6.07) is 0. The molecule has 1 heterocycles. The van der Waals surface area contributed by atoms with Crippen molar-refractivity contribution in [1.29, 1.82) is 0 Å². The zero-order valence-corrected chi connectivity index (χ0v) is 10.8. The summed E-state index contributed by atoms with van der Waals surface area (Å²) in [6.07, 6.45) is -10.0. The van der Waals surface area contributed by atoms with Crippen LogP contribution in [0.25, 0.3) is 0 Å². The highest BCUT2D eigenvalue weighted by atomic mass is 19.4. The monoisotopic (exact) mass is 306 g/mol. The maximum absolute atomic E-state index is 12.4. The normalized spacial score (nSPS) is 18.4. The summed E-state index contributed by atoms with van der Waals surface area (Å²) in [6.45, 7) is 1.20. The van der Waals surface area contributed by atoms with Crippen LogP contribution >= 0.6 is 0 Å². The molecule has 0 atom stereocenters. The lowest BCUT2D eigenvalue weighted by molar-refractivity contribution is -0.277. The molecule has 1 aliphatic heterocycles. The van der Waals surface area contributed by atoms with Crippen molar-refractivity contribution in [2.45, 2.75) is 25.2 Å². The summed E-state index contributed by atoms with van der Waals surface area (Å²) in [5, 5.41) is 3.03. The van der Waals surface area contributed by atoms with Gasteiger partial charge in [0.2, 0.25) is 11.8 Å². The van der Waals surface area contributed by atoms with Gasteiger partial charge in [-0.25, -0.2) is 0 Å². The van der Waals surface area contributed by atoms with Crippen molar-refractivity contribution in [3.05, 3.63) is 0 Å². The Bertz CT molecular complexity index is 321. The smallest absolute Gasteiger partial charge is 0.345 e. The zero-order chi connectivity index (χ0) is 15.6. The number of hydrogen-bond donors (Lipinski definition) is 1. The van der Waals surface area contributed by atoms with Crippen LogP contribution in [0.2, 0.25) is 0 Å². The molecular formula is C11H16F6N2O. The molecule has 1 rings (SSSR count). The molecular weight excluding hydrogens is 290 g/mol. The van der Waals surface area contributed by atoms with Gasteiger partial charge in [-0.05, 0) is 31.8 Å². The fourth-order valence-electron chi connectivity index (χ4n) is 2.23. The number of nitrogens with zero attached hydrogens (tertiary/aromatic N) is 1. The number of carbonyl (C=O) groups excluding carboxylic acids is 1. The molecule has 0 aromatic carbocycles. The van der Waals surface area contributed by atoms with Crippen LogP contribution in [0.15, 0.2) is 0 Å². The van der Waals surface area contributed by atoms with Gasteiger partial charge in [-0.15, -0.1) is 0 Å². The van der Waals surface area contributed by atoms with E-state index in [1.165, 1.54) is 0 Å². The lowest BCUT2D eigenvalue weighted by Gasteiger charge is -2.31. The second-order valence-corrected chi connectivity index (χ2v) is 4.93. The highest BCUT2D eigenvalue weighted by molar-refractivity contribution is 5.80. The maximum atomic E-state index is 12.4. The van der Waals surface area contributed by atoms with E-state index in [-0.39, 0.29) is 12.5 Å². The third-order valence-electron chi connectivity index (χ3n) is 3.27. The van der Waals surface area contributed by atoms with Gasteiger partial charge in [-0.2, -0.15) is 26.3 Å². The fraction of sp³-hybridized carbons (Fsp3) is 0.909. The topological polar surface area (TPSA) is 32.3 Å². The van der Waals surface area contributed by atoms with E-state index in [4.69, 9.17) is 0 Å². The molecule has 1 N–H and O–H groups in total. The Balaban J connectivity index is 2.73. The van der Waals surface area contributed by atoms with Crippen LogP contribution in [0.5, 0.6) is 0 Å². The van der Waals surface area contributed by atoms with Crippen LogP contribution in [0.1, 0.15) is 12.8 Å². The maximum Gasteiger partial charge on any atom is 0.409 e. The number of hydrogen-bond acceptors (Lipinski definition) is 2. The summed E-state index contributed by atoms with van der Waals surface area (Å²) in [4.78, 5) is 12.0. The van der Waals surface area contributed by atoms with E-state index < -0.39 is 24.2 Å². The summed E-state index contributed by atoms with van der Waals surface area (Å²) in [5.74, 6) is -5.96. The number of rotatable bonds is 3. The van der Waals surface area contributed by atoms with Crippen molar-refractivity contribution in [1.82, 2.24) is 10.2 Å². The minimum Gasteiger partial charge on any atom is -0.345 e.